The maximum absolute atomic E-state index is 3.38. The number of hydrogen-bond donors (Lipinski definition) is 0. The van der Waals surface area contributed by atoms with E-state index >= 15 is 0 Å². The molecule has 0 heterocycles. The Labute approximate surface area is 359 Å². The second-order valence-corrected chi connectivity index (χ2v) is 15.8. The van der Waals surface area contributed by atoms with Gasteiger partial charge in [-0.3, -0.25) is 0 Å². The molecule has 0 unspecified atom stereocenters. The Balaban J connectivity index is 0.000000257. The van der Waals surface area contributed by atoms with E-state index in [2.05, 4.69) is 151 Å². The zero-order chi connectivity index (χ0) is 35.7. The summed E-state index contributed by atoms with van der Waals surface area (Å²) in [6, 6.07) is 41.6. The molecule has 0 N–H and O–H groups in total. The number of fused-ring (bicyclic) bond motifs is 2. The largest absolute Gasteiger partial charge is 1.00 e. The molecule has 0 radical (unpaired) electrons. The molecular weight excluding hydrogens is 862 g/mol. The van der Waals surface area contributed by atoms with Crippen molar-refractivity contribution in [1.29, 1.82) is 0 Å². The van der Waals surface area contributed by atoms with E-state index in [9.17, 15) is 0 Å². The molecule has 0 atom stereocenters. The van der Waals surface area contributed by atoms with Crippen molar-refractivity contribution in [3.8, 4) is 22.3 Å². The van der Waals surface area contributed by atoms with Crippen molar-refractivity contribution in [2.24, 2.45) is 0 Å². The Morgan fingerprint density at radius 3 is 1.17 bits per heavy atom. The summed E-state index contributed by atoms with van der Waals surface area (Å²) in [6.07, 6.45) is 14.7. The quantitative estimate of drug-likeness (QED) is 0.115. The second-order valence-electron chi connectivity index (χ2n) is 15.8. The molecule has 288 valence electrons. The minimum Gasteiger partial charge on any atom is -1.00 e. The molecule has 6 aromatic rings. The topological polar surface area (TPSA) is 0 Å². The van der Waals surface area contributed by atoms with Crippen molar-refractivity contribution in [3.05, 3.63) is 145 Å². The van der Waals surface area contributed by atoms with Crippen LogP contribution in [0.25, 0.3) is 43.8 Å². The summed E-state index contributed by atoms with van der Waals surface area (Å²) in [6.45, 7) is 15.8. The van der Waals surface area contributed by atoms with Crippen LogP contribution in [0, 0.1) is 13.8 Å². The van der Waals surface area contributed by atoms with Gasteiger partial charge < -0.3 is 45.1 Å². The molecule has 3 heteroatoms. The maximum atomic E-state index is 3.38. The first-order valence-corrected chi connectivity index (χ1v) is 20.0. The number of hydrogen-bond acceptors (Lipinski definition) is 0. The van der Waals surface area contributed by atoms with Crippen LogP contribution in [0.3, 0.4) is 0 Å². The van der Waals surface area contributed by atoms with Crippen molar-refractivity contribution in [1.82, 2.24) is 0 Å². The summed E-state index contributed by atoms with van der Waals surface area (Å²) in [4.78, 5) is 0. The molecule has 8 rings (SSSR count). The van der Waals surface area contributed by atoms with Gasteiger partial charge in [-0.1, -0.05) is 138 Å². The first kappa shape index (κ1) is 45.9. The van der Waals surface area contributed by atoms with Crippen molar-refractivity contribution in [3.63, 3.8) is 0 Å². The van der Waals surface area contributed by atoms with E-state index in [1.54, 1.807) is 11.1 Å². The molecule has 0 aliphatic heterocycles. The molecule has 2 fully saturated rings. The van der Waals surface area contributed by atoms with Gasteiger partial charge in [0.25, 0.3) is 0 Å². The number of halogens is 2. The Morgan fingerprint density at radius 2 is 0.852 bits per heavy atom. The molecule has 0 aromatic heterocycles. The summed E-state index contributed by atoms with van der Waals surface area (Å²) in [5, 5.41) is 5.66. The fourth-order valence-corrected chi connectivity index (χ4v) is 8.46. The Morgan fingerprint density at radius 1 is 0.519 bits per heavy atom. The van der Waals surface area contributed by atoms with Gasteiger partial charge in [0.15, 0.2) is 0 Å². The average molecular weight is 922 g/mol. The van der Waals surface area contributed by atoms with Gasteiger partial charge >= 0.3 is 0 Å². The Hall–Kier alpha value is -2.45. The molecule has 2 aliphatic carbocycles. The van der Waals surface area contributed by atoms with Crippen molar-refractivity contribution in [2.45, 2.75) is 122 Å². The summed E-state index contributed by atoms with van der Waals surface area (Å²) in [5.74, 6) is 2.74. The molecule has 0 bridgehead atoms. The first-order valence-electron chi connectivity index (χ1n) is 20.0. The van der Waals surface area contributed by atoms with Crippen molar-refractivity contribution < 1.29 is 50.7 Å². The number of benzene rings is 4. The predicted octanol–water partition coefficient (Wildman–Crippen LogP) is 9.84. The second kappa shape index (κ2) is 22.3. The van der Waals surface area contributed by atoms with Gasteiger partial charge in [0.2, 0.25) is 0 Å². The van der Waals surface area contributed by atoms with E-state index in [0.29, 0.717) is 11.8 Å². The van der Waals surface area contributed by atoms with E-state index in [4.69, 9.17) is 0 Å². The van der Waals surface area contributed by atoms with E-state index in [1.165, 1.54) is 119 Å². The van der Waals surface area contributed by atoms with Gasteiger partial charge in [0.05, 0.1) is 0 Å². The summed E-state index contributed by atoms with van der Waals surface area (Å²) >= 11 is 0. The van der Waals surface area contributed by atoms with E-state index in [0.717, 1.165) is 18.3 Å². The van der Waals surface area contributed by atoms with E-state index in [1.807, 2.05) is 0 Å². The van der Waals surface area contributed by atoms with Gasteiger partial charge in [0.1, 0.15) is 0 Å². The third kappa shape index (κ3) is 11.3. The van der Waals surface area contributed by atoms with Crippen LogP contribution in [-0.2, 0) is 25.8 Å². The SMILES string of the molecule is CC(C)c1ccc(-c2cccc3[cH-]c(C4CCCCC4)cc23)cc1.CC(C)c1ccc(-c2cccc3[cH-]c(C4CCCCC4)cc23)cc1.[CH2-]C[CH2-].[Cl-].[Cl-].[Hf]. The van der Waals surface area contributed by atoms with Gasteiger partial charge in [-0.2, -0.15) is 12.1 Å². The summed E-state index contributed by atoms with van der Waals surface area (Å²) in [5.41, 5.74) is 11.4. The summed E-state index contributed by atoms with van der Waals surface area (Å²) in [7, 11) is 0. The minimum atomic E-state index is 0. The molecule has 0 amide bonds. The van der Waals surface area contributed by atoms with Gasteiger partial charge in [-0.15, -0.1) is 69.1 Å². The Kier molecular flexibility index (Phi) is 19.0. The van der Waals surface area contributed by atoms with Crippen LogP contribution in [0.4, 0.5) is 0 Å². The molecule has 0 spiro atoms. The molecule has 0 nitrogen and oxygen atoms in total. The van der Waals surface area contributed by atoms with Crippen LogP contribution < -0.4 is 24.8 Å². The van der Waals surface area contributed by atoms with Crippen LogP contribution in [0.2, 0.25) is 0 Å². The number of rotatable bonds is 6. The fraction of sp³-hybridized carbons (Fsp3) is 0.373. The standard InChI is InChI=1S/2C24H27.C3H6.2ClH.Hf/c2*1-17(2)18-11-13-20(14-12-18)23-10-6-9-21-15-22(16-24(21)23)19-7-4-3-5-8-19;1-3-2;;;/h2*6,9-17,19H,3-5,7-8H2,1-2H3;1-3H2;2*1H;/q2*-1;-2;;;/p-2. The molecule has 54 heavy (non-hydrogen) atoms. The van der Waals surface area contributed by atoms with Crippen LogP contribution in [-0.4, -0.2) is 0 Å². The molecular formula is C51H60Cl2Hf-6. The van der Waals surface area contributed by atoms with Crippen LogP contribution in [0.15, 0.2) is 109 Å². The van der Waals surface area contributed by atoms with E-state index < -0.39 is 0 Å². The van der Waals surface area contributed by atoms with Gasteiger partial charge in [-0.05, 0) is 71.6 Å². The fourth-order valence-electron chi connectivity index (χ4n) is 8.46. The zero-order valence-electron chi connectivity index (χ0n) is 33.2. The maximum Gasteiger partial charge on any atom is 0 e. The molecule has 0 saturated heterocycles. The zero-order valence-corrected chi connectivity index (χ0v) is 38.3. The molecule has 6 aromatic carbocycles. The third-order valence-corrected chi connectivity index (χ3v) is 11.5. The predicted molar refractivity (Wildman–Crippen MR) is 225 cm³/mol. The smallest absolute Gasteiger partial charge is 0 e. The van der Waals surface area contributed by atoms with Gasteiger partial charge in [-0.25, -0.2) is 0 Å². The molecule has 2 aliphatic rings. The van der Waals surface area contributed by atoms with Crippen LogP contribution in [0.1, 0.15) is 144 Å². The average Bonchev–Trinajstić information content (AvgIpc) is 3.82. The van der Waals surface area contributed by atoms with Crippen LogP contribution >= 0.6 is 0 Å². The summed E-state index contributed by atoms with van der Waals surface area (Å²) < 4.78 is 0. The minimum absolute atomic E-state index is 0. The van der Waals surface area contributed by atoms with Gasteiger partial charge in [0, 0.05) is 25.8 Å². The van der Waals surface area contributed by atoms with E-state index in [-0.39, 0.29) is 50.7 Å². The van der Waals surface area contributed by atoms with Crippen molar-refractivity contribution >= 4 is 21.5 Å². The van der Waals surface area contributed by atoms with Crippen LogP contribution in [0.5, 0.6) is 0 Å². The monoisotopic (exact) mass is 922 g/mol. The molecule has 2 saturated carbocycles. The first-order chi connectivity index (χ1) is 24.9. The van der Waals surface area contributed by atoms with Crippen molar-refractivity contribution in [2.75, 3.05) is 0 Å². The third-order valence-electron chi connectivity index (χ3n) is 11.5. The normalized spacial score (nSPS) is 14.7. The Bertz CT molecular complexity index is 1800.